The van der Waals surface area contributed by atoms with E-state index in [1.807, 2.05) is 6.92 Å². The van der Waals surface area contributed by atoms with Crippen molar-refractivity contribution < 1.29 is 4.79 Å². The first-order valence-corrected chi connectivity index (χ1v) is 5.73. The monoisotopic (exact) mass is 250 g/mol. The predicted molar refractivity (Wildman–Crippen MR) is 64.1 cm³/mol. The van der Waals surface area contributed by atoms with Gasteiger partial charge in [0.1, 0.15) is 0 Å². The number of carbonyl (C=O) groups is 1. The van der Waals surface area contributed by atoms with E-state index in [4.69, 9.17) is 0 Å². The van der Waals surface area contributed by atoms with Gasteiger partial charge in [-0.1, -0.05) is 9.59 Å². The lowest BCUT2D eigenvalue weighted by Crippen LogP contribution is -2.14. The number of carbonyl (C=O) groups excluding carboxylic acids is 1. The number of nitrogens with one attached hydrogen (secondary N) is 2. The maximum atomic E-state index is 11.9. The number of anilines is 2. The molecule has 88 valence electrons. The maximum Gasteiger partial charge on any atom is 0.259 e. The van der Waals surface area contributed by atoms with E-state index >= 15 is 0 Å². The molecule has 0 aromatic carbocycles. The van der Waals surface area contributed by atoms with Gasteiger partial charge in [0, 0.05) is 24.3 Å². The minimum Gasteiger partial charge on any atom is -0.383 e. The van der Waals surface area contributed by atoms with E-state index in [0.29, 0.717) is 22.9 Å². The zero-order valence-corrected chi connectivity index (χ0v) is 9.86. The highest BCUT2D eigenvalue weighted by atomic mass is 32.1. The third-order valence-corrected chi connectivity index (χ3v) is 2.46. The molecule has 0 aliphatic heterocycles. The van der Waals surface area contributed by atoms with E-state index in [-0.39, 0.29) is 5.91 Å². The molecule has 2 aromatic rings. The average Bonchev–Trinajstić information content (AvgIpc) is 2.83. The fourth-order valence-corrected chi connectivity index (χ4v) is 1.63. The molecule has 17 heavy (non-hydrogen) atoms. The van der Waals surface area contributed by atoms with Crippen LogP contribution >= 0.6 is 11.5 Å². The second-order valence-electron chi connectivity index (χ2n) is 3.07. The Morgan fingerprint density at radius 2 is 2.41 bits per heavy atom. The highest BCUT2D eigenvalue weighted by Gasteiger charge is 2.12. The molecule has 0 fully saturated rings. The molecule has 0 saturated carbocycles. The lowest BCUT2D eigenvalue weighted by molar-refractivity contribution is 0.102. The smallest absolute Gasteiger partial charge is 0.259 e. The zero-order chi connectivity index (χ0) is 12.1. The minimum atomic E-state index is -0.262. The lowest BCUT2D eigenvalue weighted by atomic mass is 10.2. The van der Waals surface area contributed by atoms with Crippen LogP contribution in [0.25, 0.3) is 0 Å². The second kappa shape index (κ2) is 5.30. The van der Waals surface area contributed by atoms with Gasteiger partial charge in [0.15, 0.2) is 0 Å². The van der Waals surface area contributed by atoms with Crippen molar-refractivity contribution >= 4 is 28.3 Å². The molecule has 0 saturated heterocycles. The first kappa shape index (κ1) is 11.4. The number of aromatic nitrogens is 4. The summed E-state index contributed by atoms with van der Waals surface area (Å²) >= 11 is 1.02. The topological polar surface area (TPSA) is 92.7 Å². The van der Waals surface area contributed by atoms with Gasteiger partial charge in [0.25, 0.3) is 5.91 Å². The molecule has 1 amide bonds. The van der Waals surface area contributed by atoms with E-state index in [1.165, 1.54) is 0 Å². The minimum absolute atomic E-state index is 0.262. The van der Waals surface area contributed by atoms with E-state index in [1.54, 1.807) is 18.5 Å². The molecule has 0 bridgehead atoms. The SMILES string of the molecule is CCNc1cnccc1C(=O)Nc1nnns1. The van der Waals surface area contributed by atoms with Crippen molar-refractivity contribution in [2.24, 2.45) is 0 Å². The molecule has 2 N–H and O–H groups in total. The van der Waals surface area contributed by atoms with Crippen molar-refractivity contribution in [3.05, 3.63) is 24.0 Å². The van der Waals surface area contributed by atoms with Crippen LogP contribution in [0.5, 0.6) is 0 Å². The van der Waals surface area contributed by atoms with Gasteiger partial charge in [-0.15, -0.1) is 0 Å². The largest absolute Gasteiger partial charge is 0.383 e. The standard InChI is InChI=1S/C9H10N6OS/c1-2-11-7-5-10-4-3-6(7)8(16)12-9-13-14-15-17-9/h3-5,11H,2H2,1H3,(H,12,13,15,16). The fourth-order valence-electron chi connectivity index (χ4n) is 1.27. The van der Waals surface area contributed by atoms with Gasteiger partial charge in [-0.05, 0) is 18.2 Å². The number of amides is 1. The summed E-state index contributed by atoms with van der Waals surface area (Å²) in [7, 11) is 0. The highest BCUT2D eigenvalue weighted by Crippen LogP contribution is 2.15. The first-order valence-electron chi connectivity index (χ1n) is 4.95. The van der Waals surface area contributed by atoms with Crippen LogP contribution in [0.3, 0.4) is 0 Å². The van der Waals surface area contributed by atoms with Crippen molar-refractivity contribution in [2.75, 3.05) is 17.2 Å². The van der Waals surface area contributed by atoms with Gasteiger partial charge in [0.05, 0.1) is 17.4 Å². The first-order chi connectivity index (χ1) is 8.31. The van der Waals surface area contributed by atoms with Gasteiger partial charge in [0.2, 0.25) is 5.13 Å². The summed E-state index contributed by atoms with van der Waals surface area (Å²) in [6.07, 6.45) is 3.17. The van der Waals surface area contributed by atoms with Gasteiger partial charge in [-0.25, -0.2) is 0 Å². The van der Waals surface area contributed by atoms with Crippen LogP contribution in [-0.4, -0.2) is 32.2 Å². The number of nitrogens with zero attached hydrogens (tertiary/aromatic N) is 4. The Morgan fingerprint density at radius 3 is 3.12 bits per heavy atom. The summed E-state index contributed by atoms with van der Waals surface area (Å²) in [6.45, 7) is 2.66. The molecule has 0 aliphatic carbocycles. The van der Waals surface area contributed by atoms with Crippen LogP contribution < -0.4 is 10.6 Å². The Bertz CT molecular complexity index is 500. The van der Waals surface area contributed by atoms with Crippen LogP contribution in [0.15, 0.2) is 18.5 Å². The molecular weight excluding hydrogens is 240 g/mol. The second-order valence-corrected chi connectivity index (χ2v) is 3.81. The molecule has 0 radical (unpaired) electrons. The molecule has 7 nitrogen and oxygen atoms in total. The van der Waals surface area contributed by atoms with E-state index < -0.39 is 0 Å². The Hall–Kier alpha value is -2.09. The summed E-state index contributed by atoms with van der Waals surface area (Å²) < 4.78 is 3.57. The fraction of sp³-hybridized carbons (Fsp3) is 0.222. The maximum absolute atomic E-state index is 11.9. The molecule has 0 aliphatic rings. The summed E-state index contributed by atoms with van der Waals surface area (Å²) in [5.74, 6) is -0.262. The Labute approximate surface area is 101 Å². The molecular formula is C9H10N6OS. The van der Waals surface area contributed by atoms with Crippen LogP contribution in [0.1, 0.15) is 17.3 Å². The number of hydrogen-bond donors (Lipinski definition) is 2. The number of pyridine rings is 1. The molecule has 2 aromatic heterocycles. The van der Waals surface area contributed by atoms with Crippen molar-refractivity contribution in [1.82, 2.24) is 19.8 Å². The summed E-state index contributed by atoms with van der Waals surface area (Å²) in [5, 5.41) is 13.1. The molecule has 0 atom stereocenters. The van der Waals surface area contributed by atoms with Crippen molar-refractivity contribution in [1.29, 1.82) is 0 Å². The van der Waals surface area contributed by atoms with Crippen LogP contribution in [0, 0.1) is 0 Å². The van der Waals surface area contributed by atoms with Crippen molar-refractivity contribution in [3.63, 3.8) is 0 Å². The zero-order valence-electron chi connectivity index (χ0n) is 9.04. The summed E-state index contributed by atoms with van der Waals surface area (Å²) in [5.41, 5.74) is 1.20. The average molecular weight is 250 g/mol. The van der Waals surface area contributed by atoms with Crippen LogP contribution in [-0.2, 0) is 0 Å². The van der Waals surface area contributed by atoms with E-state index in [0.717, 1.165) is 11.5 Å². The van der Waals surface area contributed by atoms with Gasteiger partial charge in [-0.2, -0.15) is 0 Å². The van der Waals surface area contributed by atoms with Crippen molar-refractivity contribution in [2.45, 2.75) is 6.92 Å². The van der Waals surface area contributed by atoms with Gasteiger partial charge < -0.3 is 5.32 Å². The third-order valence-electron chi connectivity index (χ3n) is 1.95. The lowest BCUT2D eigenvalue weighted by Gasteiger charge is -2.08. The molecule has 0 spiro atoms. The summed E-state index contributed by atoms with van der Waals surface area (Å²) in [4.78, 5) is 15.9. The Balaban J connectivity index is 2.18. The van der Waals surface area contributed by atoms with Crippen LogP contribution in [0.2, 0.25) is 0 Å². The van der Waals surface area contributed by atoms with Crippen LogP contribution in [0.4, 0.5) is 10.8 Å². The molecule has 8 heteroatoms. The Morgan fingerprint density at radius 1 is 1.53 bits per heavy atom. The normalized spacial score (nSPS) is 9.94. The van der Waals surface area contributed by atoms with Crippen molar-refractivity contribution in [3.8, 4) is 0 Å². The predicted octanol–water partition coefficient (Wildman–Crippen LogP) is 1.01. The number of rotatable bonds is 4. The molecule has 2 rings (SSSR count). The van der Waals surface area contributed by atoms with Gasteiger partial charge >= 0.3 is 0 Å². The van der Waals surface area contributed by atoms with Gasteiger partial charge in [-0.3, -0.25) is 15.1 Å². The van der Waals surface area contributed by atoms with E-state index in [2.05, 4.69) is 30.4 Å². The molecule has 2 heterocycles. The highest BCUT2D eigenvalue weighted by molar-refractivity contribution is 7.09. The molecule has 0 unspecified atom stereocenters. The Kier molecular flexibility index (Phi) is 3.55. The number of hydrogen-bond acceptors (Lipinski definition) is 7. The quantitative estimate of drug-likeness (QED) is 0.841. The summed E-state index contributed by atoms with van der Waals surface area (Å²) in [6, 6.07) is 1.64. The third kappa shape index (κ3) is 2.72. The van der Waals surface area contributed by atoms with E-state index in [9.17, 15) is 4.79 Å².